The minimum atomic E-state index is -0.845. The Morgan fingerprint density at radius 1 is 1.14 bits per heavy atom. The minimum absolute atomic E-state index is 0.216. The maximum absolute atomic E-state index is 9.01. The van der Waals surface area contributed by atoms with Crippen LogP contribution >= 0.6 is 0 Å². The predicted octanol–water partition coefficient (Wildman–Crippen LogP) is -0.951. The SMILES string of the molecule is CC(COCC1CO1)(COC[C@@H]1CO1)COC(CO)ON. The Balaban J connectivity index is 1.71. The van der Waals surface area contributed by atoms with Crippen LogP contribution in [-0.2, 0) is 28.5 Å². The third-order valence-electron chi connectivity index (χ3n) is 3.23. The molecule has 0 aromatic rings. The molecule has 0 bridgehead atoms. The molecule has 0 aromatic carbocycles. The lowest BCUT2D eigenvalue weighted by Crippen LogP contribution is -2.38. The van der Waals surface area contributed by atoms with Gasteiger partial charge in [-0.25, -0.2) is 5.90 Å². The Labute approximate surface area is 124 Å². The normalized spacial score (nSPS) is 28.1. The summed E-state index contributed by atoms with van der Waals surface area (Å²) in [5.74, 6) is 5.03. The molecule has 0 aliphatic carbocycles. The molecule has 21 heavy (non-hydrogen) atoms. The van der Waals surface area contributed by atoms with Crippen molar-refractivity contribution in [3.63, 3.8) is 0 Å². The minimum Gasteiger partial charge on any atom is -0.391 e. The summed E-state index contributed by atoms with van der Waals surface area (Å²) in [4.78, 5) is 4.51. The molecule has 0 saturated carbocycles. The molecule has 124 valence electrons. The van der Waals surface area contributed by atoms with Crippen LogP contribution in [0.2, 0.25) is 0 Å². The average molecular weight is 307 g/mol. The summed E-state index contributed by atoms with van der Waals surface area (Å²) in [5.41, 5.74) is -0.365. The van der Waals surface area contributed by atoms with Crippen LogP contribution in [-0.4, -0.2) is 76.5 Å². The molecule has 2 fully saturated rings. The molecule has 3 N–H and O–H groups in total. The highest BCUT2D eigenvalue weighted by Gasteiger charge is 2.31. The van der Waals surface area contributed by atoms with Crippen LogP contribution in [0.5, 0.6) is 0 Å². The lowest BCUT2D eigenvalue weighted by molar-refractivity contribution is -0.191. The van der Waals surface area contributed by atoms with Crippen LogP contribution in [0.4, 0.5) is 0 Å². The highest BCUT2D eigenvalue weighted by atomic mass is 16.8. The molecule has 0 amide bonds. The number of aliphatic hydroxyl groups is 1. The topological polar surface area (TPSA) is 108 Å². The summed E-state index contributed by atoms with van der Waals surface area (Å²) in [6, 6.07) is 0. The molecule has 2 rings (SSSR count). The predicted molar refractivity (Wildman–Crippen MR) is 71.3 cm³/mol. The Morgan fingerprint density at radius 2 is 1.67 bits per heavy atom. The zero-order chi connectivity index (χ0) is 15.1. The zero-order valence-corrected chi connectivity index (χ0v) is 12.4. The van der Waals surface area contributed by atoms with Gasteiger partial charge in [-0.1, -0.05) is 6.92 Å². The van der Waals surface area contributed by atoms with Crippen molar-refractivity contribution in [1.29, 1.82) is 0 Å². The molecular weight excluding hydrogens is 282 g/mol. The summed E-state index contributed by atoms with van der Waals surface area (Å²) in [6.45, 7) is 5.55. The van der Waals surface area contributed by atoms with Crippen molar-refractivity contribution in [3.05, 3.63) is 0 Å². The third-order valence-corrected chi connectivity index (χ3v) is 3.23. The molecule has 2 aliphatic rings. The van der Waals surface area contributed by atoms with Crippen molar-refractivity contribution in [2.45, 2.75) is 25.4 Å². The summed E-state index contributed by atoms with van der Waals surface area (Å²) in [5, 5.41) is 9.01. The first-order valence-corrected chi connectivity index (χ1v) is 7.12. The number of aliphatic hydroxyl groups excluding tert-OH is 1. The van der Waals surface area contributed by atoms with Crippen molar-refractivity contribution < 1.29 is 33.6 Å². The van der Waals surface area contributed by atoms with E-state index in [0.29, 0.717) is 33.0 Å². The first kappa shape index (κ1) is 17.0. The molecule has 8 heteroatoms. The van der Waals surface area contributed by atoms with E-state index in [9.17, 15) is 0 Å². The highest BCUT2D eigenvalue weighted by Crippen LogP contribution is 2.21. The average Bonchev–Trinajstić information content (AvgIpc) is 3.35. The Hall–Kier alpha value is -0.320. The second kappa shape index (κ2) is 8.35. The number of ether oxygens (including phenoxy) is 5. The highest BCUT2D eigenvalue weighted by molar-refractivity contribution is 4.76. The van der Waals surface area contributed by atoms with Crippen LogP contribution in [0.25, 0.3) is 0 Å². The molecule has 2 aliphatic heterocycles. The maximum Gasteiger partial charge on any atom is 0.200 e. The van der Waals surface area contributed by atoms with Gasteiger partial charge in [0.05, 0.1) is 52.9 Å². The summed E-state index contributed by atoms with van der Waals surface area (Å²) in [6.07, 6.45) is -0.412. The molecule has 0 aromatic heterocycles. The van der Waals surface area contributed by atoms with Gasteiger partial charge in [0.1, 0.15) is 12.2 Å². The molecule has 0 spiro atoms. The van der Waals surface area contributed by atoms with E-state index in [4.69, 9.17) is 34.7 Å². The molecular formula is C13H25NO7. The van der Waals surface area contributed by atoms with Gasteiger partial charge in [0.15, 0.2) is 6.29 Å². The van der Waals surface area contributed by atoms with Gasteiger partial charge in [-0.05, 0) is 0 Å². The van der Waals surface area contributed by atoms with Gasteiger partial charge in [0.2, 0.25) is 0 Å². The Bertz CT molecular complexity index is 274. The summed E-state index contributed by atoms with van der Waals surface area (Å²) < 4.78 is 26.9. The first-order chi connectivity index (χ1) is 10.1. The fourth-order valence-electron chi connectivity index (χ4n) is 1.76. The van der Waals surface area contributed by atoms with E-state index < -0.39 is 6.29 Å². The molecule has 2 heterocycles. The molecule has 8 nitrogen and oxygen atoms in total. The fourth-order valence-corrected chi connectivity index (χ4v) is 1.76. The largest absolute Gasteiger partial charge is 0.391 e. The van der Waals surface area contributed by atoms with Crippen LogP contribution in [0.3, 0.4) is 0 Å². The molecule has 4 atom stereocenters. The number of nitrogens with two attached hydrogens (primary N) is 1. The second-order valence-electron chi connectivity index (χ2n) is 5.81. The number of hydrogen-bond donors (Lipinski definition) is 2. The van der Waals surface area contributed by atoms with E-state index in [2.05, 4.69) is 4.84 Å². The van der Waals surface area contributed by atoms with Gasteiger partial charge >= 0.3 is 0 Å². The number of rotatable bonds is 13. The summed E-state index contributed by atoms with van der Waals surface area (Å²) >= 11 is 0. The van der Waals surface area contributed by atoms with Gasteiger partial charge in [-0.2, -0.15) is 0 Å². The summed E-state index contributed by atoms with van der Waals surface area (Å²) in [7, 11) is 0. The molecule has 2 saturated heterocycles. The van der Waals surface area contributed by atoms with E-state index in [1.807, 2.05) is 6.92 Å². The van der Waals surface area contributed by atoms with Crippen molar-refractivity contribution >= 4 is 0 Å². The standard InChI is InChI=1S/C13H25NO7/c1-13(7-16-3-10-5-18-10,8-17-4-11-6-19-11)9-20-12(2-15)21-14/h10-12,15H,2-9,14H2,1H3/t10-,11?,12?,13?/m1/s1. The molecule has 0 radical (unpaired) electrons. The van der Waals surface area contributed by atoms with Crippen molar-refractivity contribution in [2.24, 2.45) is 11.3 Å². The van der Waals surface area contributed by atoms with E-state index >= 15 is 0 Å². The first-order valence-electron chi connectivity index (χ1n) is 7.12. The van der Waals surface area contributed by atoms with Crippen molar-refractivity contribution in [1.82, 2.24) is 0 Å². The van der Waals surface area contributed by atoms with Gasteiger partial charge in [-0.15, -0.1) is 0 Å². The van der Waals surface area contributed by atoms with Gasteiger partial charge < -0.3 is 28.8 Å². The van der Waals surface area contributed by atoms with Gasteiger partial charge in [0.25, 0.3) is 0 Å². The van der Waals surface area contributed by atoms with Crippen LogP contribution in [0, 0.1) is 5.41 Å². The van der Waals surface area contributed by atoms with E-state index in [1.54, 1.807) is 0 Å². The Morgan fingerprint density at radius 3 is 2.05 bits per heavy atom. The zero-order valence-electron chi connectivity index (χ0n) is 12.4. The quantitative estimate of drug-likeness (QED) is 0.255. The van der Waals surface area contributed by atoms with Gasteiger partial charge in [-0.3, -0.25) is 4.84 Å². The second-order valence-corrected chi connectivity index (χ2v) is 5.81. The van der Waals surface area contributed by atoms with Crippen LogP contribution in [0.15, 0.2) is 0 Å². The number of epoxide rings is 2. The van der Waals surface area contributed by atoms with E-state index in [1.165, 1.54) is 0 Å². The van der Waals surface area contributed by atoms with Gasteiger partial charge in [0, 0.05) is 5.41 Å². The van der Waals surface area contributed by atoms with Crippen LogP contribution < -0.4 is 5.90 Å². The number of hydrogen-bond acceptors (Lipinski definition) is 8. The lowest BCUT2D eigenvalue weighted by atomic mass is 9.94. The van der Waals surface area contributed by atoms with E-state index in [0.717, 1.165) is 13.2 Å². The van der Waals surface area contributed by atoms with E-state index in [-0.39, 0.29) is 24.2 Å². The molecule has 3 unspecified atom stereocenters. The fraction of sp³-hybridized carbons (Fsp3) is 1.00. The van der Waals surface area contributed by atoms with Crippen molar-refractivity contribution in [3.8, 4) is 0 Å². The lowest BCUT2D eigenvalue weighted by Gasteiger charge is -2.30. The smallest absolute Gasteiger partial charge is 0.200 e. The van der Waals surface area contributed by atoms with Crippen molar-refractivity contribution in [2.75, 3.05) is 52.9 Å². The maximum atomic E-state index is 9.01. The monoisotopic (exact) mass is 307 g/mol. The Kier molecular flexibility index (Phi) is 6.77. The van der Waals surface area contributed by atoms with Crippen LogP contribution in [0.1, 0.15) is 6.92 Å². The third kappa shape index (κ3) is 6.98.